The molecule has 0 unspecified atom stereocenters. The van der Waals surface area contributed by atoms with Crippen molar-refractivity contribution >= 4 is 22.7 Å². The molecule has 0 fully saturated rings. The molecule has 0 saturated carbocycles. The number of thiophene rings is 2. The second kappa shape index (κ2) is 3.69. The first kappa shape index (κ1) is 7.76. The third kappa shape index (κ3) is 2.04. The topological polar surface area (TPSA) is 0 Å². The van der Waals surface area contributed by atoms with Gasteiger partial charge in [-0.05, 0) is 0 Å². The van der Waals surface area contributed by atoms with E-state index in [2.05, 4.69) is 35.0 Å². The molecular formula is C8H6IS2-. The Labute approximate surface area is 84.2 Å². The molecule has 0 atom stereocenters. The molecule has 2 aromatic rings. The summed E-state index contributed by atoms with van der Waals surface area (Å²) in [7, 11) is 0. The zero-order chi connectivity index (χ0) is 7.52. The van der Waals surface area contributed by atoms with Crippen LogP contribution in [0.3, 0.4) is 0 Å². The fourth-order valence-corrected chi connectivity index (χ4v) is 6.08. The Hall–Kier alpha value is 0.130. The first-order valence-electron chi connectivity index (χ1n) is 3.17. The second-order valence-corrected chi connectivity index (χ2v) is 8.15. The monoisotopic (exact) mass is 293 g/mol. The summed E-state index contributed by atoms with van der Waals surface area (Å²) in [6.07, 6.45) is 0. The Kier molecular flexibility index (Phi) is 2.60. The molecule has 0 aromatic carbocycles. The van der Waals surface area contributed by atoms with E-state index in [0.29, 0.717) is 0 Å². The molecule has 0 aliphatic heterocycles. The van der Waals surface area contributed by atoms with Crippen molar-refractivity contribution in [2.45, 2.75) is 0 Å². The predicted octanol–water partition coefficient (Wildman–Crippen LogP) is -0.0620. The second-order valence-electron chi connectivity index (χ2n) is 1.93. The van der Waals surface area contributed by atoms with Crippen LogP contribution in [-0.2, 0) is 0 Å². The molecule has 2 rings (SSSR count). The van der Waals surface area contributed by atoms with E-state index < -0.39 is 0 Å². The molecule has 58 valence electrons. The maximum absolute atomic E-state index is 2.23. The molecule has 0 nitrogen and oxygen atoms in total. The van der Waals surface area contributed by atoms with Crippen LogP contribution in [-0.4, -0.2) is 0 Å². The summed E-state index contributed by atoms with van der Waals surface area (Å²) in [6, 6.07) is 8.73. The third-order valence-electron chi connectivity index (χ3n) is 1.16. The van der Waals surface area contributed by atoms with Gasteiger partial charge in [-0.2, -0.15) is 0 Å². The fourth-order valence-electron chi connectivity index (χ4n) is 0.716. The molecule has 0 amide bonds. The van der Waals surface area contributed by atoms with E-state index >= 15 is 0 Å². The van der Waals surface area contributed by atoms with Crippen molar-refractivity contribution in [3.8, 4) is 0 Å². The predicted molar refractivity (Wildman–Crippen MR) is 46.0 cm³/mol. The fraction of sp³-hybridized carbons (Fsp3) is 0. The van der Waals surface area contributed by atoms with Gasteiger partial charge >= 0.3 is 84.7 Å². The Morgan fingerprint density at radius 3 is 1.82 bits per heavy atom. The van der Waals surface area contributed by atoms with Crippen LogP contribution in [0.2, 0.25) is 0 Å². The average molecular weight is 293 g/mol. The molecule has 0 N–H and O–H groups in total. The van der Waals surface area contributed by atoms with Crippen LogP contribution in [0.25, 0.3) is 0 Å². The van der Waals surface area contributed by atoms with Gasteiger partial charge in [0.15, 0.2) is 0 Å². The third-order valence-corrected chi connectivity index (χ3v) is 6.81. The van der Waals surface area contributed by atoms with Gasteiger partial charge in [0.05, 0.1) is 0 Å². The molecule has 2 heterocycles. The van der Waals surface area contributed by atoms with E-state index in [4.69, 9.17) is 0 Å². The molecule has 11 heavy (non-hydrogen) atoms. The first-order valence-corrected chi connectivity index (χ1v) is 7.09. The van der Waals surface area contributed by atoms with E-state index in [9.17, 15) is 0 Å². The van der Waals surface area contributed by atoms with Gasteiger partial charge in [0.2, 0.25) is 0 Å². The van der Waals surface area contributed by atoms with Gasteiger partial charge in [0, 0.05) is 0 Å². The normalized spacial score (nSPS) is 10.5. The van der Waals surface area contributed by atoms with Crippen LogP contribution in [0.15, 0.2) is 35.0 Å². The average Bonchev–Trinajstić information content (AvgIpc) is 2.60. The minimum absolute atomic E-state index is 0.141. The summed E-state index contributed by atoms with van der Waals surface area (Å²) in [5.41, 5.74) is 0. The van der Waals surface area contributed by atoms with E-state index in [-0.39, 0.29) is 21.2 Å². The summed E-state index contributed by atoms with van der Waals surface area (Å²) in [6.45, 7) is 0. The van der Waals surface area contributed by atoms with Gasteiger partial charge in [-0.1, -0.05) is 0 Å². The van der Waals surface area contributed by atoms with Crippen molar-refractivity contribution < 1.29 is 21.2 Å². The summed E-state index contributed by atoms with van der Waals surface area (Å²) >= 11 is 3.89. The number of rotatable bonds is 2. The molecule has 0 saturated heterocycles. The van der Waals surface area contributed by atoms with Gasteiger partial charge in [-0.3, -0.25) is 0 Å². The van der Waals surface area contributed by atoms with Crippen molar-refractivity contribution in [3.63, 3.8) is 0 Å². The molecule has 0 radical (unpaired) electrons. The number of halogens is 1. The molecule has 0 spiro atoms. The minimum atomic E-state index is 0.141. The number of hydrogen-bond donors (Lipinski definition) is 0. The summed E-state index contributed by atoms with van der Waals surface area (Å²) in [5, 5.41) is 4.31. The summed E-state index contributed by atoms with van der Waals surface area (Å²) < 4.78 is 3.12. The number of hydrogen-bond acceptors (Lipinski definition) is 2. The van der Waals surface area contributed by atoms with Crippen LogP contribution >= 0.6 is 22.7 Å². The zero-order valence-electron chi connectivity index (χ0n) is 5.66. The van der Waals surface area contributed by atoms with E-state index in [1.54, 1.807) is 5.77 Å². The summed E-state index contributed by atoms with van der Waals surface area (Å²) in [5.74, 6) is 0. The van der Waals surface area contributed by atoms with Crippen molar-refractivity contribution in [1.29, 1.82) is 0 Å². The molecule has 2 aromatic heterocycles. The standard InChI is InChI=1S/C8H6IS2/c1-3-7(10-5-1)9-8-4-2-6-11-8/h1-6H/q-1. The SMILES string of the molecule is c1csc([I-]c2cccs2)c1. The van der Waals surface area contributed by atoms with Gasteiger partial charge in [-0.25, -0.2) is 0 Å². The molecule has 0 bridgehead atoms. The Morgan fingerprint density at radius 1 is 0.909 bits per heavy atom. The van der Waals surface area contributed by atoms with Crippen molar-refractivity contribution in [2.75, 3.05) is 0 Å². The Bertz CT molecular complexity index is 264. The molecule has 0 aliphatic rings. The quantitative estimate of drug-likeness (QED) is 0.681. The van der Waals surface area contributed by atoms with E-state index in [1.807, 2.05) is 22.7 Å². The van der Waals surface area contributed by atoms with Crippen LogP contribution in [0.1, 0.15) is 0 Å². The van der Waals surface area contributed by atoms with Gasteiger partial charge in [0.1, 0.15) is 0 Å². The first-order chi connectivity index (χ1) is 5.45. The van der Waals surface area contributed by atoms with Crippen molar-refractivity contribution in [2.24, 2.45) is 0 Å². The Morgan fingerprint density at radius 2 is 1.45 bits per heavy atom. The van der Waals surface area contributed by atoms with Gasteiger partial charge < -0.3 is 0 Å². The molecule has 3 heteroatoms. The van der Waals surface area contributed by atoms with Crippen molar-refractivity contribution in [1.82, 2.24) is 0 Å². The summed E-state index contributed by atoms with van der Waals surface area (Å²) in [4.78, 5) is 0. The zero-order valence-corrected chi connectivity index (χ0v) is 9.45. The molecular weight excluding hydrogens is 287 g/mol. The van der Waals surface area contributed by atoms with E-state index in [0.717, 1.165) is 0 Å². The van der Waals surface area contributed by atoms with E-state index in [1.165, 1.54) is 0 Å². The Balaban J connectivity index is 2.14. The van der Waals surface area contributed by atoms with Crippen LogP contribution in [0.5, 0.6) is 0 Å². The van der Waals surface area contributed by atoms with Gasteiger partial charge in [0.25, 0.3) is 0 Å². The van der Waals surface area contributed by atoms with Crippen LogP contribution < -0.4 is 21.2 Å². The van der Waals surface area contributed by atoms with Gasteiger partial charge in [-0.15, -0.1) is 0 Å². The van der Waals surface area contributed by atoms with Crippen LogP contribution in [0.4, 0.5) is 0 Å². The molecule has 0 aliphatic carbocycles. The van der Waals surface area contributed by atoms with Crippen LogP contribution in [0, 0.1) is 5.77 Å². The van der Waals surface area contributed by atoms with Crippen molar-refractivity contribution in [3.05, 3.63) is 40.8 Å². The maximum atomic E-state index is 2.23.